The predicted molar refractivity (Wildman–Crippen MR) is 58.6 cm³/mol. The molecule has 0 fully saturated rings. The highest BCUT2D eigenvalue weighted by Gasteiger charge is 2.15. The molecule has 84 valence electrons. The second kappa shape index (κ2) is 8.06. The van der Waals surface area contributed by atoms with Crippen molar-refractivity contribution < 1.29 is 9.53 Å². The average molecular weight is 222 g/mol. The summed E-state index contributed by atoms with van der Waals surface area (Å²) in [6.07, 6.45) is 2.29. The van der Waals surface area contributed by atoms with Gasteiger partial charge in [0.25, 0.3) is 0 Å². The SMILES string of the molecule is CCC(CC)CNCC(Cl)C(=O)OC. The summed E-state index contributed by atoms with van der Waals surface area (Å²) in [7, 11) is 1.35. The second-order valence-electron chi connectivity index (χ2n) is 3.33. The minimum Gasteiger partial charge on any atom is -0.468 e. The van der Waals surface area contributed by atoms with E-state index in [-0.39, 0.29) is 5.97 Å². The van der Waals surface area contributed by atoms with Crippen molar-refractivity contribution in [3.8, 4) is 0 Å². The van der Waals surface area contributed by atoms with Gasteiger partial charge in [-0.2, -0.15) is 0 Å². The van der Waals surface area contributed by atoms with Crippen LogP contribution < -0.4 is 5.32 Å². The Morgan fingerprint density at radius 1 is 1.36 bits per heavy atom. The molecule has 0 saturated heterocycles. The highest BCUT2D eigenvalue weighted by molar-refractivity contribution is 6.30. The number of carbonyl (C=O) groups excluding carboxylic acids is 1. The zero-order chi connectivity index (χ0) is 11.0. The first kappa shape index (κ1) is 13.7. The fourth-order valence-electron chi connectivity index (χ4n) is 1.20. The second-order valence-corrected chi connectivity index (χ2v) is 3.86. The van der Waals surface area contributed by atoms with Gasteiger partial charge < -0.3 is 10.1 Å². The first-order valence-electron chi connectivity index (χ1n) is 5.08. The number of alkyl halides is 1. The van der Waals surface area contributed by atoms with Crippen LogP contribution >= 0.6 is 11.6 Å². The minimum atomic E-state index is -0.575. The van der Waals surface area contributed by atoms with E-state index in [2.05, 4.69) is 23.9 Å². The molecular formula is C10H20ClNO2. The van der Waals surface area contributed by atoms with Crippen molar-refractivity contribution in [1.82, 2.24) is 5.32 Å². The molecular weight excluding hydrogens is 202 g/mol. The quantitative estimate of drug-likeness (QED) is 0.526. The van der Waals surface area contributed by atoms with E-state index >= 15 is 0 Å². The predicted octanol–water partition coefficient (Wildman–Crippen LogP) is 1.79. The number of carbonyl (C=O) groups is 1. The normalized spacial score (nSPS) is 12.9. The Kier molecular flexibility index (Phi) is 7.90. The lowest BCUT2D eigenvalue weighted by atomic mass is 10.0. The summed E-state index contributed by atoms with van der Waals surface area (Å²) in [4.78, 5) is 10.9. The van der Waals surface area contributed by atoms with E-state index in [1.807, 2.05) is 0 Å². The van der Waals surface area contributed by atoms with E-state index in [0.29, 0.717) is 12.5 Å². The molecule has 1 unspecified atom stereocenters. The minimum absolute atomic E-state index is 0.372. The third kappa shape index (κ3) is 5.45. The average Bonchev–Trinajstić information content (AvgIpc) is 2.22. The van der Waals surface area contributed by atoms with Crippen molar-refractivity contribution in [3.63, 3.8) is 0 Å². The fourth-order valence-corrected chi connectivity index (χ4v) is 1.40. The Morgan fingerprint density at radius 3 is 2.36 bits per heavy atom. The van der Waals surface area contributed by atoms with Gasteiger partial charge in [0.2, 0.25) is 0 Å². The van der Waals surface area contributed by atoms with Crippen LogP contribution in [0.2, 0.25) is 0 Å². The van der Waals surface area contributed by atoms with Gasteiger partial charge in [0.05, 0.1) is 7.11 Å². The van der Waals surface area contributed by atoms with Gasteiger partial charge >= 0.3 is 5.97 Å². The number of methoxy groups -OCH3 is 1. The molecule has 1 atom stereocenters. The zero-order valence-corrected chi connectivity index (χ0v) is 9.93. The maximum absolute atomic E-state index is 10.9. The molecule has 0 radical (unpaired) electrons. The number of ether oxygens (including phenoxy) is 1. The number of rotatable bonds is 7. The van der Waals surface area contributed by atoms with Crippen molar-refractivity contribution >= 4 is 17.6 Å². The summed E-state index contributed by atoms with van der Waals surface area (Å²) in [6, 6.07) is 0. The van der Waals surface area contributed by atoms with E-state index in [4.69, 9.17) is 11.6 Å². The van der Waals surface area contributed by atoms with Crippen molar-refractivity contribution in [2.75, 3.05) is 20.2 Å². The Hall–Kier alpha value is -0.280. The van der Waals surface area contributed by atoms with Crippen LogP contribution in [0.25, 0.3) is 0 Å². The number of hydrogen-bond acceptors (Lipinski definition) is 3. The van der Waals surface area contributed by atoms with Crippen molar-refractivity contribution in [3.05, 3.63) is 0 Å². The zero-order valence-electron chi connectivity index (χ0n) is 9.18. The molecule has 0 aliphatic rings. The van der Waals surface area contributed by atoms with Crippen LogP contribution in [0.5, 0.6) is 0 Å². The Bertz CT molecular complexity index is 160. The van der Waals surface area contributed by atoms with E-state index in [1.54, 1.807) is 0 Å². The van der Waals surface area contributed by atoms with Gasteiger partial charge in [0.1, 0.15) is 5.38 Å². The molecule has 4 heteroatoms. The molecule has 0 bridgehead atoms. The molecule has 14 heavy (non-hydrogen) atoms. The molecule has 0 aromatic carbocycles. The molecule has 0 spiro atoms. The summed E-state index contributed by atoms with van der Waals surface area (Å²) in [5, 5.41) is 2.59. The molecule has 0 aromatic heterocycles. The molecule has 0 amide bonds. The summed E-state index contributed by atoms with van der Waals surface area (Å²) in [6.45, 7) is 5.71. The van der Waals surface area contributed by atoms with Gasteiger partial charge in [0.15, 0.2) is 0 Å². The number of nitrogens with one attached hydrogen (secondary N) is 1. The highest BCUT2D eigenvalue weighted by Crippen LogP contribution is 2.05. The van der Waals surface area contributed by atoms with Crippen LogP contribution in [0.15, 0.2) is 0 Å². The largest absolute Gasteiger partial charge is 0.468 e. The van der Waals surface area contributed by atoms with E-state index in [1.165, 1.54) is 7.11 Å². The first-order chi connectivity index (χ1) is 6.65. The molecule has 3 nitrogen and oxygen atoms in total. The third-order valence-electron chi connectivity index (χ3n) is 2.37. The topological polar surface area (TPSA) is 38.3 Å². The summed E-state index contributed by atoms with van der Waals surface area (Å²) in [5.74, 6) is 0.292. The van der Waals surface area contributed by atoms with Crippen LogP contribution in [0.4, 0.5) is 0 Å². The lowest BCUT2D eigenvalue weighted by Crippen LogP contribution is -2.33. The van der Waals surface area contributed by atoms with Gasteiger partial charge in [-0.3, -0.25) is 4.79 Å². The van der Waals surface area contributed by atoms with Gasteiger partial charge in [-0.05, 0) is 12.5 Å². The summed E-state index contributed by atoms with van der Waals surface area (Å²) < 4.78 is 4.51. The van der Waals surface area contributed by atoms with Crippen LogP contribution in [-0.2, 0) is 9.53 Å². The highest BCUT2D eigenvalue weighted by atomic mass is 35.5. The molecule has 0 saturated carbocycles. The maximum Gasteiger partial charge on any atom is 0.325 e. The Morgan fingerprint density at radius 2 is 1.93 bits per heavy atom. The lowest BCUT2D eigenvalue weighted by Gasteiger charge is -2.14. The molecule has 0 aliphatic heterocycles. The lowest BCUT2D eigenvalue weighted by molar-refractivity contribution is -0.140. The van der Waals surface area contributed by atoms with Crippen LogP contribution in [0.3, 0.4) is 0 Å². The van der Waals surface area contributed by atoms with Crippen LogP contribution in [0.1, 0.15) is 26.7 Å². The number of halogens is 1. The van der Waals surface area contributed by atoms with Crippen molar-refractivity contribution in [2.24, 2.45) is 5.92 Å². The molecule has 1 N–H and O–H groups in total. The van der Waals surface area contributed by atoms with Gasteiger partial charge in [0, 0.05) is 6.54 Å². The first-order valence-corrected chi connectivity index (χ1v) is 5.51. The van der Waals surface area contributed by atoms with Gasteiger partial charge in [-0.25, -0.2) is 0 Å². The Labute approximate surface area is 91.2 Å². The summed E-state index contributed by atoms with van der Waals surface area (Å²) in [5.41, 5.74) is 0. The monoisotopic (exact) mass is 221 g/mol. The van der Waals surface area contributed by atoms with Gasteiger partial charge in [-0.1, -0.05) is 26.7 Å². The van der Waals surface area contributed by atoms with Crippen molar-refractivity contribution in [2.45, 2.75) is 32.1 Å². The Balaban J connectivity index is 3.57. The molecule has 0 aromatic rings. The van der Waals surface area contributed by atoms with Crippen molar-refractivity contribution in [1.29, 1.82) is 0 Å². The summed E-state index contributed by atoms with van der Waals surface area (Å²) >= 11 is 5.76. The number of esters is 1. The van der Waals surface area contributed by atoms with Crippen LogP contribution in [-0.4, -0.2) is 31.5 Å². The maximum atomic E-state index is 10.9. The molecule has 0 rings (SSSR count). The van der Waals surface area contributed by atoms with Crippen LogP contribution in [0, 0.1) is 5.92 Å². The number of hydrogen-bond donors (Lipinski definition) is 1. The molecule has 0 heterocycles. The van der Waals surface area contributed by atoms with Gasteiger partial charge in [-0.15, -0.1) is 11.6 Å². The molecule has 0 aliphatic carbocycles. The standard InChI is InChI=1S/C10H20ClNO2/c1-4-8(5-2)6-12-7-9(11)10(13)14-3/h8-9,12H,4-7H2,1-3H3. The van der Waals surface area contributed by atoms with E-state index < -0.39 is 5.38 Å². The third-order valence-corrected chi connectivity index (χ3v) is 2.70. The fraction of sp³-hybridized carbons (Fsp3) is 0.900. The smallest absolute Gasteiger partial charge is 0.325 e. The van der Waals surface area contributed by atoms with E-state index in [0.717, 1.165) is 19.4 Å². The van der Waals surface area contributed by atoms with E-state index in [9.17, 15) is 4.79 Å².